The molecule has 1 heteroatoms. The molecule has 0 radical (unpaired) electrons. The normalized spacial score (nSPS) is 17.5. The first-order chi connectivity index (χ1) is 10.3. The predicted molar refractivity (Wildman–Crippen MR) is 69.2 cm³/mol. The van der Waals surface area contributed by atoms with Gasteiger partial charge in [0.25, 0.3) is 0 Å². The average Bonchev–Trinajstić information content (AvgIpc) is 2.52. The molecule has 0 aromatic heterocycles. The van der Waals surface area contributed by atoms with Crippen molar-refractivity contribution in [3.8, 4) is 0 Å². The highest BCUT2D eigenvalue weighted by atomic mass is 79.9. The molecule has 3 rings (SSSR count). The summed E-state index contributed by atoms with van der Waals surface area (Å²) in [5.41, 5.74) is 0. The molecule has 3 aromatic rings. The highest BCUT2D eigenvalue weighted by Crippen LogP contribution is 2.25. The van der Waals surface area contributed by atoms with Crippen LogP contribution in [0.4, 0.5) is 0 Å². The van der Waals surface area contributed by atoms with Crippen LogP contribution < -0.4 is 0 Å². The van der Waals surface area contributed by atoms with Crippen LogP contribution in [0.3, 0.4) is 0 Å². The van der Waals surface area contributed by atoms with Crippen LogP contribution in [0.5, 0.6) is 0 Å². The second-order valence-electron chi connectivity index (χ2n) is 3.13. The maximum atomic E-state index is 8.08. The van der Waals surface area contributed by atoms with Crippen molar-refractivity contribution in [2.75, 3.05) is 0 Å². The molecule has 15 heavy (non-hydrogen) atoms. The molecule has 0 nitrogen and oxygen atoms in total. The molecule has 0 saturated heterocycles. The van der Waals surface area contributed by atoms with Crippen molar-refractivity contribution in [1.82, 2.24) is 0 Å². The van der Waals surface area contributed by atoms with Crippen LogP contribution >= 0.6 is 15.9 Å². The van der Waals surface area contributed by atoms with Crippen LogP contribution in [0, 0.1) is 0 Å². The minimum Gasteiger partial charge on any atom is -0.0616 e. The maximum absolute atomic E-state index is 8.08. The third-order valence-electron chi connectivity index (χ3n) is 2.17. The van der Waals surface area contributed by atoms with E-state index in [4.69, 9.17) is 9.60 Å². The van der Waals surface area contributed by atoms with Crippen molar-refractivity contribution in [2.24, 2.45) is 0 Å². The van der Waals surface area contributed by atoms with E-state index in [2.05, 4.69) is 15.9 Å². The van der Waals surface area contributed by atoms with Crippen molar-refractivity contribution in [3.05, 3.63) is 58.9 Å². The van der Waals surface area contributed by atoms with Gasteiger partial charge >= 0.3 is 0 Å². The number of hydrogen-bond acceptors (Lipinski definition) is 0. The van der Waals surface area contributed by atoms with Gasteiger partial charge in [-0.05, 0) is 45.8 Å². The quantitative estimate of drug-likeness (QED) is 0.514. The molecule has 0 fully saturated rings. The van der Waals surface area contributed by atoms with Crippen molar-refractivity contribution >= 4 is 37.5 Å². The number of rotatable bonds is 0. The van der Waals surface area contributed by atoms with Crippen molar-refractivity contribution < 1.29 is 9.60 Å². The fourth-order valence-corrected chi connectivity index (χ4v) is 1.79. The van der Waals surface area contributed by atoms with Gasteiger partial charge in [-0.2, -0.15) is 0 Å². The highest BCUT2D eigenvalue weighted by Gasteiger charge is 1.97. The van der Waals surface area contributed by atoms with Gasteiger partial charge in [-0.25, -0.2) is 0 Å². The standard InChI is InChI=1S/C14H9Br/c15-14-6-5-12-7-10-3-1-2-4-11(10)8-13(12)9-14/h1-9H/i1D,2D,3D,4D,5D,6D,9D. The minimum atomic E-state index is -0.335. The van der Waals surface area contributed by atoms with E-state index >= 15 is 0 Å². The van der Waals surface area contributed by atoms with Crippen LogP contribution in [0.1, 0.15) is 9.60 Å². The molecule has 0 aliphatic carbocycles. The summed E-state index contributed by atoms with van der Waals surface area (Å²) >= 11 is 3.13. The van der Waals surface area contributed by atoms with Gasteiger partial charge < -0.3 is 0 Å². The van der Waals surface area contributed by atoms with E-state index in [9.17, 15) is 0 Å². The Kier molecular flexibility index (Phi) is 0.953. The van der Waals surface area contributed by atoms with E-state index in [0.29, 0.717) is 16.2 Å². The van der Waals surface area contributed by atoms with Crippen molar-refractivity contribution in [1.29, 1.82) is 0 Å². The molecule has 0 atom stereocenters. The zero-order valence-electron chi connectivity index (χ0n) is 14.5. The van der Waals surface area contributed by atoms with Crippen LogP contribution in [0.25, 0.3) is 21.5 Å². The van der Waals surface area contributed by atoms with Gasteiger partial charge in [0.1, 0.15) is 0 Å². The first-order valence-electron chi connectivity index (χ1n) is 7.84. The molecular weight excluding hydrogens is 248 g/mol. The lowest BCUT2D eigenvalue weighted by molar-refractivity contribution is 1.72. The van der Waals surface area contributed by atoms with E-state index < -0.39 is 0 Å². The first kappa shape index (κ1) is 4.26. The lowest BCUT2D eigenvalue weighted by atomic mass is 10.0. The van der Waals surface area contributed by atoms with Crippen LogP contribution in [0.2, 0.25) is 0 Å². The Hall–Kier alpha value is -1.34. The zero-order valence-corrected chi connectivity index (χ0v) is 9.12. The Balaban J connectivity index is 2.64. The highest BCUT2D eigenvalue weighted by molar-refractivity contribution is 9.10. The number of hydrogen-bond donors (Lipinski definition) is 0. The fourth-order valence-electron chi connectivity index (χ4n) is 1.48. The third-order valence-corrected chi connectivity index (χ3v) is 2.56. The summed E-state index contributed by atoms with van der Waals surface area (Å²) in [5.74, 6) is 0. The fraction of sp³-hybridized carbons (Fsp3) is 0. The van der Waals surface area contributed by atoms with Gasteiger partial charge in [0, 0.05) is 4.47 Å². The van der Waals surface area contributed by atoms with Gasteiger partial charge in [0.05, 0.1) is 9.60 Å². The van der Waals surface area contributed by atoms with E-state index in [0.717, 1.165) is 0 Å². The molecule has 0 N–H and O–H groups in total. The first-order valence-corrected chi connectivity index (χ1v) is 5.14. The van der Waals surface area contributed by atoms with Crippen LogP contribution in [-0.2, 0) is 0 Å². The second-order valence-corrected chi connectivity index (χ2v) is 3.93. The predicted octanol–water partition coefficient (Wildman–Crippen LogP) is 4.76. The topological polar surface area (TPSA) is 0 Å². The van der Waals surface area contributed by atoms with E-state index in [1.807, 2.05) is 0 Å². The molecule has 72 valence electrons. The number of halogens is 1. The van der Waals surface area contributed by atoms with Gasteiger partial charge in [0.15, 0.2) is 0 Å². The van der Waals surface area contributed by atoms with E-state index in [1.165, 1.54) is 12.1 Å². The Labute approximate surface area is 106 Å². The SMILES string of the molecule is [2H]c1c([2H])c([2H])c2cc3c([2H])c(Br)c([2H])c([2H])c3cc2c1[2H]. The smallest absolute Gasteiger partial charge is 0.0616 e. The molecule has 0 aliphatic heterocycles. The number of fused-ring (bicyclic) bond motifs is 2. The lowest BCUT2D eigenvalue weighted by Crippen LogP contribution is -1.75. The third kappa shape index (κ3) is 1.53. The van der Waals surface area contributed by atoms with Crippen molar-refractivity contribution in [3.63, 3.8) is 0 Å². The largest absolute Gasteiger partial charge is 0.0641 e. The van der Waals surface area contributed by atoms with Gasteiger partial charge in [0.2, 0.25) is 0 Å². The lowest BCUT2D eigenvalue weighted by Gasteiger charge is -2.02. The summed E-state index contributed by atoms with van der Waals surface area (Å²) in [4.78, 5) is 0. The van der Waals surface area contributed by atoms with Crippen molar-refractivity contribution in [2.45, 2.75) is 0 Å². The van der Waals surface area contributed by atoms with Crippen LogP contribution in [-0.4, -0.2) is 0 Å². The number of benzene rings is 3. The Morgan fingerprint density at radius 1 is 0.800 bits per heavy atom. The summed E-state index contributed by atoms with van der Waals surface area (Å²) in [6.45, 7) is 0. The Morgan fingerprint density at radius 2 is 1.40 bits per heavy atom. The molecule has 0 bridgehead atoms. The summed E-state index contributed by atoms with van der Waals surface area (Å²) in [6.07, 6.45) is 0. The molecule has 0 spiro atoms. The Morgan fingerprint density at radius 3 is 2.13 bits per heavy atom. The second kappa shape index (κ2) is 3.35. The van der Waals surface area contributed by atoms with E-state index in [1.54, 1.807) is 0 Å². The monoisotopic (exact) mass is 263 g/mol. The molecule has 3 aromatic carbocycles. The van der Waals surface area contributed by atoms with Gasteiger partial charge in [-0.1, -0.05) is 46.1 Å². The molecule has 0 unspecified atom stereocenters. The molecule has 0 heterocycles. The summed E-state index contributed by atoms with van der Waals surface area (Å²) in [5, 5.41) is 1.30. The van der Waals surface area contributed by atoms with E-state index in [-0.39, 0.29) is 52.2 Å². The molecule has 0 aliphatic rings. The van der Waals surface area contributed by atoms with Crippen LogP contribution in [0.15, 0.2) is 58.9 Å². The van der Waals surface area contributed by atoms with Gasteiger partial charge in [-0.3, -0.25) is 0 Å². The minimum absolute atomic E-state index is 0.0327. The zero-order chi connectivity index (χ0) is 16.3. The summed E-state index contributed by atoms with van der Waals surface area (Å²) in [6, 6.07) is 1.78. The maximum Gasteiger partial charge on any atom is 0.0641 e. The summed E-state index contributed by atoms with van der Waals surface area (Å²) < 4.78 is 55.5. The molecule has 0 amide bonds. The average molecular weight is 264 g/mol. The molecular formula is C14H9Br. The Bertz CT molecular complexity index is 812. The van der Waals surface area contributed by atoms with Gasteiger partial charge in [-0.15, -0.1) is 0 Å². The molecule has 0 saturated carbocycles. The summed E-state index contributed by atoms with van der Waals surface area (Å²) in [7, 11) is 0.